The predicted molar refractivity (Wildman–Crippen MR) is 86.6 cm³/mol. The first kappa shape index (κ1) is 25.2. The molecule has 0 aromatic heterocycles. The molecule has 0 bridgehead atoms. The summed E-state index contributed by atoms with van der Waals surface area (Å²) < 4.78 is 0. The van der Waals surface area contributed by atoms with E-state index in [-0.39, 0.29) is 0 Å². The van der Waals surface area contributed by atoms with Gasteiger partial charge in [-0.05, 0) is 30.4 Å². The Hall–Kier alpha value is -0.780. The van der Waals surface area contributed by atoms with Crippen molar-refractivity contribution in [3.8, 4) is 0 Å². The standard InChI is InChI=1S/C11H18.3C2H6/c1-6-9(4)11(8-3)10(5)7-2;3*1-2/h6,8,10H,1,3,7H2,2,4-5H3;3*1-2H3/b11-9+;;;. The first-order valence-electron chi connectivity index (χ1n) is 7.13. The highest BCUT2D eigenvalue weighted by Crippen LogP contribution is 2.19. The van der Waals surface area contributed by atoms with Crippen molar-refractivity contribution in [3.63, 3.8) is 0 Å². The number of hydrogen-bond donors (Lipinski definition) is 0. The van der Waals surface area contributed by atoms with E-state index in [2.05, 4.69) is 33.9 Å². The highest BCUT2D eigenvalue weighted by molar-refractivity contribution is 5.31. The van der Waals surface area contributed by atoms with E-state index in [0.717, 1.165) is 6.42 Å². The fourth-order valence-corrected chi connectivity index (χ4v) is 1.09. The highest BCUT2D eigenvalue weighted by Gasteiger charge is 2.03. The summed E-state index contributed by atoms with van der Waals surface area (Å²) in [6, 6.07) is 0. The van der Waals surface area contributed by atoms with Crippen LogP contribution in [0.5, 0.6) is 0 Å². The van der Waals surface area contributed by atoms with Gasteiger partial charge in [0.15, 0.2) is 0 Å². The van der Waals surface area contributed by atoms with Gasteiger partial charge in [0.25, 0.3) is 0 Å². The molecule has 1 atom stereocenters. The van der Waals surface area contributed by atoms with E-state index in [1.807, 2.05) is 53.7 Å². The molecular weight excluding hydrogens is 204 g/mol. The van der Waals surface area contributed by atoms with Crippen LogP contribution in [0.1, 0.15) is 68.7 Å². The predicted octanol–water partition coefficient (Wildman–Crippen LogP) is 6.80. The Morgan fingerprint density at radius 2 is 1.29 bits per heavy atom. The molecule has 0 heteroatoms. The molecule has 0 aromatic rings. The number of allylic oxidation sites excluding steroid dienone is 4. The molecular formula is C17H36. The van der Waals surface area contributed by atoms with Gasteiger partial charge in [0, 0.05) is 0 Å². The Balaban J connectivity index is -0.000000121. The van der Waals surface area contributed by atoms with Crippen molar-refractivity contribution in [1.29, 1.82) is 0 Å². The van der Waals surface area contributed by atoms with Crippen LogP contribution < -0.4 is 0 Å². The monoisotopic (exact) mass is 240 g/mol. The normalized spacial score (nSPS) is 10.9. The topological polar surface area (TPSA) is 0 Å². The van der Waals surface area contributed by atoms with Gasteiger partial charge in [-0.15, -0.1) is 0 Å². The van der Waals surface area contributed by atoms with Gasteiger partial charge >= 0.3 is 0 Å². The Labute approximate surface area is 112 Å². The summed E-state index contributed by atoms with van der Waals surface area (Å²) in [5.74, 6) is 0.602. The van der Waals surface area contributed by atoms with Gasteiger partial charge in [-0.3, -0.25) is 0 Å². The minimum absolute atomic E-state index is 0.602. The Morgan fingerprint density at radius 3 is 1.47 bits per heavy atom. The molecule has 0 saturated heterocycles. The zero-order chi connectivity index (χ0) is 14.9. The zero-order valence-corrected chi connectivity index (χ0v) is 13.9. The van der Waals surface area contributed by atoms with Crippen molar-refractivity contribution >= 4 is 0 Å². The van der Waals surface area contributed by atoms with Gasteiger partial charge in [-0.2, -0.15) is 0 Å². The smallest absolute Gasteiger partial charge is 0.0191 e. The van der Waals surface area contributed by atoms with Crippen LogP contribution in [-0.4, -0.2) is 0 Å². The van der Waals surface area contributed by atoms with Gasteiger partial charge in [-0.25, -0.2) is 0 Å². The first-order valence-corrected chi connectivity index (χ1v) is 7.13. The molecule has 0 aromatic carbocycles. The van der Waals surface area contributed by atoms with Crippen LogP contribution in [0.2, 0.25) is 0 Å². The van der Waals surface area contributed by atoms with Crippen molar-refractivity contribution in [1.82, 2.24) is 0 Å². The maximum absolute atomic E-state index is 3.79. The van der Waals surface area contributed by atoms with E-state index in [4.69, 9.17) is 0 Å². The van der Waals surface area contributed by atoms with Crippen molar-refractivity contribution in [3.05, 3.63) is 36.5 Å². The van der Waals surface area contributed by atoms with Gasteiger partial charge in [-0.1, -0.05) is 80.7 Å². The van der Waals surface area contributed by atoms with Crippen molar-refractivity contribution < 1.29 is 0 Å². The van der Waals surface area contributed by atoms with E-state index in [0.29, 0.717) is 5.92 Å². The molecule has 0 N–H and O–H groups in total. The molecule has 0 aliphatic carbocycles. The van der Waals surface area contributed by atoms with E-state index in [1.54, 1.807) is 0 Å². The van der Waals surface area contributed by atoms with E-state index in [9.17, 15) is 0 Å². The highest BCUT2D eigenvalue weighted by atomic mass is 14.1. The summed E-state index contributed by atoms with van der Waals surface area (Å²) in [7, 11) is 0. The van der Waals surface area contributed by atoms with Gasteiger partial charge in [0.1, 0.15) is 0 Å². The number of rotatable bonds is 4. The summed E-state index contributed by atoms with van der Waals surface area (Å²) in [5.41, 5.74) is 2.57. The quantitative estimate of drug-likeness (QED) is 0.474. The molecule has 104 valence electrons. The Bertz CT molecular complexity index is 172. The third kappa shape index (κ3) is 15.2. The third-order valence-electron chi connectivity index (χ3n) is 2.12. The molecule has 17 heavy (non-hydrogen) atoms. The lowest BCUT2D eigenvalue weighted by Gasteiger charge is -2.11. The lowest BCUT2D eigenvalue weighted by atomic mass is 9.94. The Kier molecular flexibility index (Phi) is 36.2. The maximum atomic E-state index is 3.79. The van der Waals surface area contributed by atoms with Crippen LogP contribution in [0.15, 0.2) is 36.5 Å². The van der Waals surface area contributed by atoms with Crippen LogP contribution in [-0.2, 0) is 0 Å². The summed E-state index contributed by atoms with van der Waals surface area (Å²) in [6.07, 6.45) is 4.99. The minimum Gasteiger partial charge on any atom is -0.0988 e. The molecule has 0 fully saturated rings. The molecule has 0 aliphatic rings. The molecule has 0 radical (unpaired) electrons. The SMILES string of the molecule is C=C/C(C)=C(\C=C)C(C)CC.CC.CC.CC. The lowest BCUT2D eigenvalue weighted by molar-refractivity contribution is 0.666. The summed E-state index contributed by atoms with van der Waals surface area (Å²) in [6.45, 7) is 26.0. The van der Waals surface area contributed by atoms with Crippen LogP contribution in [0.25, 0.3) is 0 Å². The second-order valence-corrected chi connectivity index (χ2v) is 2.86. The molecule has 0 spiro atoms. The summed E-state index contributed by atoms with van der Waals surface area (Å²) in [4.78, 5) is 0. The second-order valence-electron chi connectivity index (χ2n) is 2.86. The van der Waals surface area contributed by atoms with Crippen LogP contribution in [0, 0.1) is 5.92 Å². The van der Waals surface area contributed by atoms with Crippen molar-refractivity contribution in [2.24, 2.45) is 5.92 Å². The van der Waals surface area contributed by atoms with Crippen LogP contribution in [0.3, 0.4) is 0 Å². The van der Waals surface area contributed by atoms with Crippen molar-refractivity contribution in [2.75, 3.05) is 0 Å². The van der Waals surface area contributed by atoms with E-state index in [1.165, 1.54) is 11.1 Å². The average molecular weight is 240 g/mol. The minimum atomic E-state index is 0.602. The largest absolute Gasteiger partial charge is 0.0988 e. The van der Waals surface area contributed by atoms with Gasteiger partial charge < -0.3 is 0 Å². The molecule has 0 rings (SSSR count). The second kappa shape index (κ2) is 24.4. The van der Waals surface area contributed by atoms with Gasteiger partial charge in [0.2, 0.25) is 0 Å². The maximum Gasteiger partial charge on any atom is -0.0191 e. The molecule has 0 aliphatic heterocycles. The van der Waals surface area contributed by atoms with Gasteiger partial charge in [0.05, 0.1) is 0 Å². The molecule has 0 nitrogen and oxygen atoms in total. The van der Waals surface area contributed by atoms with E-state index >= 15 is 0 Å². The van der Waals surface area contributed by atoms with Crippen molar-refractivity contribution in [2.45, 2.75) is 68.7 Å². The van der Waals surface area contributed by atoms with Crippen LogP contribution >= 0.6 is 0 Å². The molecule has 0 heterocycles. The number of hydrogen-bond acceptors (Lipinski definition) is 0. The fraction of sp³-hybridized carbons (Fsp3) is 0.647. The van der Waals surface area contributed by atoms with E-state index < -0.39 is 0 Å². The third-order valence-corrected chi connectivity index (χ3v) is 2.12. The first-order chi connectivity index (χ1) is 8.17. The fourth-order valence-electron chi connectivity index (χ4n) is 1.09. The summed E-state index contributed by atoms with van der Waals surface area (Å²) >= 11 is 0. The zero-order valence-electron chi connectivity index (χ0n) is 13.9. The molecule has 0 saturated carbocycles. The lowest BCUT2D eigenvalue weighted by Crippen LogP contribution is -1.96. The average Bonchev–Trinajstić information content (AvgIpc) is 2.45. The molecule has 1 unspecified atom stereocenters. The Morgan fingerprint density at radius 1 is 0.941 bits per heavy atom. The van der Waals surface area contributed by atoms with Crippen LogP contribution in [0.4, 0.5) is 0 Å². The summed E-state index contributed by atoms with van der Waals surface area (Å²) in [5, 5.41) is 0. The molecule has 0 amide bonds.